The second-order valence-corrected chi connectivity index (χ2v) is 4.33. The van der Waals surface area contributed by atoms with Crippen molar-refractivity contribution in [3.8, 4) is 0 Å². The summed E-state index contributed by atoms with van der Waals surface area (Å²) < 4.78 is 15.4. The highest BCUT2D eigenvalue weighted by Gasteiger charge is 2.01. The first-order chi connectivity index (χ1) is 7.66. The van der Waals surface area contributed by atoms with Crippen LogP contribution in [0, 0.1) is 5.82 Å². The molecule has 0 spiro atoms. The van der Waals surface area contributed by atoms with E-state index in [2.05, 4.69) is 26.2 Å². The molecule has 1 aromatic heterocycles. The molecule has 3 nitrogen and oxygen atoms in total. The summed E-state index contributed by atoms with van der Waals surface area (Å²) in [5.74, 6) is -0.258. The van der Waals surface area contributed by atoms with Crippen molar-refractivity contribution in [3.63, 3.8) is 0 Å². The highest BCUT2D eigenvalue weighted by Crippen LogP contribution is 2.20. The van der Waals surface area contributed by atoms with Crippen LogP contribution in [0.2, 0.25) is 0 Å². The quantitative estimate of drug-likeness (QED) is 0.939. The fourth-order valence-electron chi connectivity index (χ4n) is 1.35. The van der Waals surface area contributed by atoms with Crippen LogP contribution >= 0.6 is 15.9 Å². The van der Waals surface area contributed by atoms with Gasteiger partial charge in [-0.05, 0) is 34.1 Å². The molecule has 0 unspecified atom stereocenters. The van der Waals surface area contributed by atoms with Gasteiger partial charge in [0.25, 0.3) is 0 Å². The van der Waals surface area contributed by atoms with E-state index in [1.807, 2.05) is 11.6 Å². The Balaban J connectivity index is 2.05. The number of hydrogen-bond acceptors (Lipinski definition) is 2. The summed E-state index contributed by atoms with van der Waals surface area (Å²) in [6.45, 7) is 0.661. The summed E-state index contributed by atoms with van der Waals surface area (Å²) in [6, 6.07) is 4.85. The molecule has 2 rings (SSSR count). The number of rotatable bonds is 3. The van der Waals surface area contributed by atoms with E-state index < -0.39 is 0 Å². The molecule has 0 aliphatic carbocycles. The van der Waals surface area contributed by atoms with Crippen LogP contribution < -0.4 is 5.32 Å². The summed E-state index contributed by atoms with van der Waals surface area (Å²) >= 11 is 3.15. The van der Waals surface area contributed by atoms with Gasteiger partial charge in [0, 0.05) is 18.9 Å². The summed E-state index contributed by atoms with van der Waals surface area (Å²) in [5, 5.41) is 3.20. The maximum atomic E-state index is 13.0. The first kappa shape index (κ1) is 11.1. The molecular formula is C11H11BrFN3. The summed E-state index contributed by atoms with van der Waals surface area (Å²) in [5.41, 5.74) is 1.94. The van der Waals surface area contributed by atoms with Gasteiger partial charge in [-0.15, -0.1) is 0 Å². The zero-order chi connectivity index (χ0) is 11.5. The Morgan fingerprint density at radius 3 is 2.94 bits per heavy atom. The normalized spacial score (nSPS) is 10.4. The van der Waals surface area contributed by atoms with Crippen molar-refractivity contribution in [1.82, 2.24) is 9.55 Å². The van der Waals surface area contributed by atoms with Crippen molar-refractivity contribution >= 4 is 21.6 Å². The van der Waals surface area contributed by atoms with Gasteiger partial charge in [0.1, 0.15) is 5.82 Å². The second-order valence-electron chi connectivity index (χ2n) is 3.48. The molecule has 16 heavy (non-hydrogen) atoms. The lowest BCUT2D eigenvalue weighted by molar-refractivity contribution is 0.621. The molecular weight excluding hydrogens is 273 g/mol. The van der Waals surface area contributed by atoms with E-state index in [-0.39, 0.29) is 5.82 Å². The number of hydrogen-bond donors (Lipinski definition) is 1. The first-order valence-corrected chi connectivity index (χ1v) is 5.60. The van der Waals surface area contributed by atoms with Crippen molar-refractivity contribution in [1.29, 1.82) is 0 Å². The number of imidazole rings is 1. The Morgan fingerprint density at radius 2 is 2.31 bits per heavy atom. The lowest BCUT2D eigenvalue weighted by atomic mass is 10.3. The lowest BCUT2D eigenvalue weighted by Gasteiger charge is -2.07. The smallest absolute Gasteiger partial charge is 0.137 e. The average molecular weight is 284 g/mol. The molecule has 1 heterocycles. The van der Waals surface area contributed by atoms with Crippen LogP contribution in [-0.2, 0) is 13.6 Å². The van der Waals surface area contributed by atoms with Crippen molar-refractivity contribution in [2.75, 3.05) is 5.32 Å². The Labute approximate surface area is 101 Å². The van der Waals surface area contributed by atoms with Crippen LogP contribution in [0.25, 0.3) is 0 Å². The molecule has 0 fully saturated rings. The molecule has 0 amide bonds. The van der Waals surface area contributed by atoms with E-state index in [9.17, 15) is 4.39 Å². The van der Waals surface area contributed by atoms with Gasteiger partial charge in [0.15, 0.2) is 0 Å². The van der Waals surface area contributed by atoms with E-state index in [0.717, 1.165) is 11.4 Å². The third kappa shape index (κ3) is 2.41. The molecule has 1 aromatic carbocycles. The minimum atomic E-state index is -0.258. The molecule has 0 aliphatic heterocycles. The van der Waals surface area contributed by atoms with E-state index in [1.165, 1.54) is 6.07 Å². The highest BCUT2D eigenvalue weighted by molar-refractivity contribution is 9.10. The van der Waals surface area contributed by atoms with Crippen molar-refractivity contribution < 1.29 is 4.39 Å². The van der Waals surface area contributed by atoms with Crippen LogP contribution in [-0.4, -0.2) is 9.55 Å². The van der Waals surface area contributed by atoms with Crippen molar-refractivity contribution in [3.05, 3.63) is 46.7 Å². The fourth-order valence-corrected chi connectivity index (χ4v) is 1.73. The Kier molecular flexibility index (Phi) is 3.24. The SMILES string of the molecule is Cn1cncc1CNc1ccc(F)c(Br)c1. The summed E-state index contributed by atoms with van der Waals surface area (Å²) in [4.78, 5) is 4.02. The van der Waals surface area contributed by atoms with Crippen LogP contribution in [0.15, 0.2) is 35.2 Å². The monoisotopic (exact) mass is 283 g/mol. The minimum Gasteiger partial charge on any atom is -0.379 e. The predicted octanol–water partition coefficient (Wildman–Crippen LogP) is 2.93. The summed E-state index contributed by atoms with van der Waals surface area (Å²) in [6.07, 6.45) is 3.54. The molecule has 0 bridgehead atoms. The molecule has 0 saturated heterocycles. The van der Waals surface area contributed by atoms with Gasteiger partial charge >= 0.3 is 0 Å². The third-order valence-corrected chi connectivity index (χ3v) is 2.92. The van der Waals surface area contributed by atoms with Crippen molar-refractivity contribution in [2.24, 2.45) is 7.05 Å². The van der Waals surface area contributed by atoms with Crippen LogP contribution in [0.3, 0.4) is 0 Å². The third-order valence-electron chi connectivity index (χ3n) is 2.31. The first-order valence-electron chi connectivity index (χ1n) is 4.81. The number of aromatic nitrogens is 2. The Bertz CT molecular complexity index is 496. The molecule has 2 aromatic rings. The zero-order valence-electron chi connectivity index (χ0n) is 8.74. The molecule has 0 radical (unpaired) electrons. The van der Waals surface area contributed by atoms with Gasteiger partial charge in [-0.25, -0.2) is 9.37 Å². The van der Waals surface area contributed by atoms with E-state index in [1.54, 1.807) is 24.7 Å². The number of nitrogens with one attached hydrogen (secondary N) is 1. The lowest BCUT2D eigenvalue weighted by Crippen LogP contribution is -2.03. The van der Waals surface area contributed by atoms with E-state index >= 15 is 0 Å². The van der Waals surface area contributed by atoms with Crippen LogP contribution in [0.5, 0.6) is 0 Å². The molecule has 1 N–H and O–H groups in total. The number of anilines is 1. The van der Waals surface area contributed by atoms with Gasteiger partial charge in [0.2, 0.25) is 0 Å². The average Bonchev–Trinajstić information content (AvgIpc) is 2.66. The second kappa shape index (κ2) is 4.65. The molecule has 0 atom stereocenters. The number of benzene rings is 1. The number of nitrogens with zero attached hydrogens (tertiary/aromatic N) is 2. The Hall–Kier alpha value is -1.36. The molecule has 5 heteroatoms. The van der Waals surface area contributed by atoms with Gasteiger partial charge in [-0.3, -0.25) is 0 Å². The van der Waals surface area contributed by atoms with Gasteiger partial charge in [0.05, 0.1) is 23.0 Å². The topological polar surface area (TPSA) is 29.9 Å². The fraction of sp³-hybridized carbons (Fsp3) is 0.182. The standard InChI is InChI=1S/C11H11BrFN3/c1-16-7-14-5-9(16)6-15-8-2-3-11(13)10(12)4-8/h2-5,7,15H,6H2,1H3. The van der Waals surface area contributed by atoms with Gasteiger partial charge in [-0.2, -0.15) is 0 Å². The summed E-state index contributed by atoms with van der Waals surface area (Å²) in [7, 11) is 1.94. The van der Waals surface area contributed by atoms with E-state index in [0.29, 0.717) is 11.0 Å². The number of aryl methyl sites for hydroxylation is 1. The molecule has 0 saturated carbocycles. The van der Waals surface area contributed by atoms with Gasteiger partial charge in [-0.1, -0.05) is 0 Å². The maximum absolute atomic E-state index is 13.0. The van der Waals surface area contributed by atoms with E-state index in [4.69, 9.17) is 0 Å². The maximum Gasteiger partial charge on any atom is 0.137 e. The molecule has 0 aliphatic rings. The highest BCUT2D eigenvalue weighted by atomic mass is 79.9. The number of halogens is 2. The van der Waals surface area contributed by atoms with Crippen LogP contribution in [0.1, 0.15) is 5.69 Å². The van der Waals surface area contributed by atoms with Crippen molar-refractivity contribution in [2.45, 2.75) is 6.54 Å². The molecule has 84 valence electrons. The largest absolute Gasteiger partial charge is 0.379 e. The predicted molar refractivity (Wildman–Crippen MR) is 64.6 cm³/mol. The minimum absolute atomic E-state index is 0.258. The zero-order valence-corrected chi connectivity index (χ0v) is 10.3. The van der Waals surface area contributed by atoms with Crippen LogP contribution in [0.4, 0.5) is 10.1 Å². The van der Waals surface area contributed by atoms with Gasteiger partial charge < -0.3 is 9.88 Å². The Morgan fingerprint density at radius 1 is 1.50 bits per heavy atom.